The van der Waals surface area contributed by atoms with Crippen LogP contribution in [-0.4, -0.2) is 14.3 Å². The maximum absolute atomic E-state index is 11.1. The van der Waals surface area contributed by atoms with Crippen molar-refractivity contribution in [2.75, 3.05) is 0 Å². The Morgan fingerprint density at radius 2 is 2.09 bits per heavy atom. The molecule has 11 heavy (non-hydrogen) atoms. The third-order valence-electron chi connectivity index (χ3n) is 1.47. The molecule has 0 unspecified atom stereocenters. The van der Waals surface area contributed by atoms with Crippen LogP contribution in [-0.2, 0) is 13.6 Å². The monoisotopic (exact) mass is 157 g/mol. The highest BCUT2D eigenvalue weighted by atomic mass is 16.2. The predicted octanol–water partition coefficient (Wildman–Crippen LogP) is -0.715. The van der Waals surface area contributed by atoms with Gasteiger partial charge in [0.1, 0.15) is 0 Å². The van der Waals surface area contributed by atoms with Crippen LogP contribution in [0.15, 0.2) is 9.59 Å². The van der Waals surface area contributed by atoms with E-state index < -0.39 is 0 Å². The van der Waals surface area contributed by atoms with Crippen molar-refractivity contribution >= 4 is 0 Å². The van der Waals surface area contributed by atoms with Crippen LogP contribution < -0.4 is 11.4 Å². The second kappa shape index (κ2) is 2.77. The average molecular weight is 157 g/mol. The van der Waals surface area contributed by atoms with E-state index >= 15 is 0 Å². The Labute approximate surface area is 63.3 Å². The summed E-state index contributed by atoms with van der Waals surface area (Å²) in [6.07, 6.45) is 0.785. The van der Waals surface area contributed by atoms with Gasteiger partial charge in [-0.2, -0.15) is 0 Å². The first kappa shape index (κ1) is 7.84. The van der Waals surface area contributed by atoms with Gasteiger partial charge >= 0.3 is 11.4 Å². The van der Waals surface area contributed by atoms with Gasteiger partial charge in [-0.25, -0.2) is 23.9 Å². The maximum Gasteiger partial charge on any atom is 0.346 e. The van der Waals surface area contributed by atoms with Crippen molar-refractivity contribution < 1.29 is 0 Å². The summed E-state index contributed by atoms with van der Waals surface area (Å²) < 4.78 is 2.36. The van der Waals surface area contributed by atoms with Crippen LogP contribution in [0.1, 0.15) is 13.3 Å². The molecule has 0 atom stereocenters. The van der Waals surface area contributed by atoms with E-state index in [0.717, 1.165) is 6.42 Å². The molecule has 1 aromatic rings. The lowest BCUT2D eigenvalue weighted by Gasteiger charge is -1.91. The molecule has 5 nitrogen and oxygen atoms in total. The molecule has 62 valence electrons. The number of nitrogens with one attached hydrogen (secondary N) is 1. The number of aryl methyl sites for hydroxylation is 1. The lowest BCUT2D eigenvalue weighted by atomic mass is 10.5. The average Bonchev–Trinajstić information content (AvgIpc) is 2.17. The first-order valence-electron chi connectivity index (χ1n) is 3.52. The second-order valence-electron chi connectivity index (χ2n) is 2.41. The van der Waals surface area contributed by atoms with Crippen molar-refractivity contribution in [1.29, 1.82) is 0 Å². The Balaban J connectivity index is 3.24. The Morgan fingerprint density at radius 3 is 2.45 bits per heavy atom. The van der Waals surface area contributed by atoms with Gasteiger partial charge in [0.25, 0.3) is 0 Å². The first-order valence-corrected chi connectivity index (χ1v) is 3.52. The topological polar surface area (TPSA) is 59.8 Å². The third kappa shape index (κ3) is 1.26. The Kier molecular flexibility index (Phi) is 1.98. The summed E-state index contributed by atoms with van der Waals surface area (Å²) in [6.45, 7) is 2.40. The quantitative estimate of drug-likeness (QED) is 0.616. The summed E-state index contributed by atoms with van der Waals surface area (Å²) in [5.41, 5.74) is -0.615. The van der Waals surface area contributed by atoms with Crippen LogP contribution in [0.5, 0.6) is 0 Å². The zero-order chi connectivity index (χ0) is 8.43. The van der Waals surface area contributed by atoms with Crippen molar-refractivity contribution in [3.8, 4) is 0 Å². The molecule has 0 amide bonds. The molecule has 0 radical (unpaired) electrons. The SMILES string of the molecule is CCCn1c(=O)[nH]n(C)c1=O. The smallest absolute Gasteiger partial charge is 0.246 e. The van der Waals surface area contributed by atoms with Crippen LogP contribution in [0.25, 0.3) is 0 Å². The maximum atomic E-state index is 11.1. The van der Waals surface area contributed by atoms with E-state index in [1.807, 2.05) is 6.92 Å². The summed E-state index contributed by atoms with van der Waals surface area (Å²) in [4.78, 5) is 22.0. The van der Waals surface area contributed by atoms with Gasteiger partial charge in [-0.1, -0.05) is 6.92 Å². The zero-order valence-corrected chi connectivity index (χ0v) is 6.63. The summed E-state index contributed by atoms with van der Waals surface area (Å²) >= 11 is 0. The number of nitrogens with zero attached hydrogens (tertiary/aromatic N) is 2. The highest BCUT2D eigenvalue weighted by molar-refractivity contribution is 4.67. The zero-order valence-electron chi connectivity index (χ0n) is 6.63. The lowest BCUT2D eigenvalue weighted by molar-refractivity contribution is 0.623. The fourth-order valence-electron chi connectivity index (χ4n) is 0.940. The molecule has 0 aliphatic heterocycles. The summed E-state index contributed by atoms with van der Waals surface area (Å²) in [5.74, 6) is 0. The molecular formula is C6H11N3O2. The van der Waals surface area contributed by atoms with Crippen LogP contribution >= 0.6 is 0 Å². The van der Waals surface area contributed by atoms with Crippen LogP contribution in [0.3, 0.4) is 0 Å². The molecule has 1 rings (SSSR count). The molecule has 0 aliphatic rings. The largest absolute Gasteiger partial charge is 0.346 e. The van der Waals surface area contributed by atoms with E-state index in [1.165, 1.54) is 16.3 Å². The predicted molar refractivity (Wildman–Crippen MR) is 40.6 cm³/mol. The van der Waals surface area contributed by atoms with E-state index in [0.29, 0.717) is 6.54 Å². The third-order valence-corrected chi connectivity index (χ3v) is 1.47. The molecule has 0 aromatic carbocycles. The van der Waals surface area contributed by atoms with E-state index in [4.69, 9.17) is 0 Å². The van der Waals surface area contributed by atoms with Crippen LogP contribution in [0.2, 0.25) is 0 Å². The van der Waals surface area contributed by atoms with Crippen molar-refractivity contribution in [3.05, 3.63) is 21.0 Å². The summed E-state index contributed by atoms with van der Waals surface area (Å²) in [6, 6.07) is 0. The number of aromatic amines is 1. The van der Waals surface area contributed by atoms with E-state index in [2.05, 4.69) is 5.10 Å². The van der Waals surface area contributed by atoms with Gasteiger partial charge in [-0.3, -0.25) is 0 Å². The number of aromatic nitrogens is 3. The van der Waals surface area contributed by atoms with Crippen LogP contribution in [0.4, 0.5) is 0 Å². The van der Waals surface area contributed by atoms with Gasteiger partial charge in [0.15, 0.2) is 0 Å². The molecule has 5 heteroatoms. The van der Waals surface area contributed by atoms with Crippen molar-refractivity contribution in [2.24, 2.45) is 7.05 Å². The molecule has 0 bridgehead atoms. The molecule has 0 aliphatic carbocycles. The molecule has 1 heterocycles. The molecule has 1 aromatic heterocycles. The normalized spacial score (nSPS) is 10.4. The number of H-pyrrole nitrogens is 1. The standard InChI is InChI=1S/C6H11N3O2/c1-3-4-9-5(10)7-8(2)6(9)11/h3-4H2,1-2H3,(H,7,10). The minimum Gasteiger partial charge on any atom is -0.246 e. The summed E-state index contributed by atoms with van der Waals surface area (Å²) in [7, 11) is 1.52. The number of hydrogen-bond donors (Lipinski definition) is 1. The van der Waals surface area contributed by atoms with Crippen LogP contribution in [0, 0.1) is 0 Å². The highest BCUT2D eigenvalue weighted by Gasteiger charge is 2.02. The number of hydrogen-bond acceptors (Lipinski definition) is 2. The van der Waals surface area contributed by atoms with Gasteiger partial charge in [0, 0.05) is 13.6 Å². The Morgan fingerprint density at radius 1 is 1.45 bits per heavy atom. The second-order valence-corrected chi connectivity index (χ2v) is 2.41. The Hall–Kier alpha value is -1.26. The van der Waals surface area contributed by atoms with Gasteiger partial charge in [0.2, 0.25) is 0 Å². The molecular weight excluding hydrogens is 146 g/mol. The fourth-order valence-corrected chi connectivity index (χ4v) is 0.940. The van der Waals surface area contributed by atoms with Gasteiger partial charge in [0.05, 0.1) is 0 Å². The number of rotatable bonds is 2. The minimum atomic E-state index is -0.334. The first-order chi connectivity index (χ1) is 5.16. The molecule has 1 N–H and O–H groups in total. The lowest BCUT2D eigenvalue weighted by Crippen LogP contribution is -2.27. The molecule has 0 spiro atoms. The Bertz CT molecular complexity index is 343. The van der Waals surface area contributed by atoms with E-state index in [-0.39, 0.29) is 11.4 Å². The van der Waals surface area contributed by atoms with Gasteiger partial charge < -0.3 is 0 Å². The highest BCUT2D eigenvalue weighted by Crippen LogP contribution is 1.76. The van der Waals surface area contributed by atoms with E-state index in [9.17, 15) is 9.59 Å². The summed E-state index contributed by atoms with van der Waals surface area (Å²) in [5, 5.41) is 2.37. The van der Waals surface area contributed by atoms with Crippen molar-refractivity contribution in [1.82, 2.24) is 14.3 Å². The van der Waals surface area contributed by atoms with Gasteiger partial charge in [-0.15, -0.1) is 0 Å². The minimum absolute atomic E-state index is 0.281. The van der Waals surface area contributed by atoms with E-state index in [1.54, 1.807) is 0 Å². The van der Waals surface area contributed by atoms with Gasteiger partial charge in [-0.05, 0) is 6.42 Å². The molecule has 0 saturated carbocycles. The van der Waals surface area contributed by atoms with Crippen molar-refractivity contribution in [3.63, 3.8) is 0 Å². The fraction of sp³-hybridized carbons (Fsp3) is 0.667. The molecule has 0 saturated heterocycles. The van der Waals surface area contributed by atoms with Crippen molar-refractivity contribution in [2.45, 2.75) is 19.9 Å². The molecule has 0 fully saturated rings.